The van der Waals surface area contributed by atoms with E-state index in [4.69, 9.17) is 9.47 Å². The Kier molecular flexibility index (Phi) is 5.29. The Labute approximate surface area is 169 Å². The van der Waals surface area contributed by atoms with Gasteiger partial charge in [0.15, 0.2) is 0 Å². The van der Waals surface area contributed by atoms with E-state index < -0.39 is 0 Å². The summed E-state index contributed by atoms with van der Waals surface area (Å²) in [6, 6.07) is 23.2. The molecule has 0 aliphatic carbocycles. The van der Waals surface area contributed by atoms with Crippen LogP contribution in [0, 0.1) is 6.92 Å². The van der Waals surface area contributed by atoms with Gasteiger partial charge in [0.25, 0.3) is 0 Å². The molecule has 5 nitrogen and oxygen atoms in total. The fraction of sp³-hybridized carbons (Fsp3) is 0.167. The predicted octanol–water partition coefficient (Wildman–Crippen LogP) is 5.36. The van der Waals surface area contributed by atoms with E-state index in [0.29, 0.717) is 18.7 Å². The van der Waals surface area contributed by atoms with Gasteiger partial charge in [-0.25, -0.2) is 9.78 Å². The van der Waals surface area contributed by atoms with Crippen molar-refractivity contribution in [3.63, 3.8) is 0 Å². The number of carbonyl (C=O) groups excluding carboxylic acids is 1. The van der Waals surface area contributed by atoms with Crippen LogP contribution in [0.25, 0.3) is 11.0 Å². The predicted molar refractivity (Wildman–Crippen MR) is 112 cm³/mol. The van der Waals surface area contributed by atoms with E-state index in [1.54, 1.807) is 13.0 Å². The number of benzene rings is 3. The maximum absolute atomic E-state index is 12.1. The zero-order chi connectivity index (χ0) is 20.2. The molecule has 29 heavy (non-hydrogen) atoms. The molecule has 3 aromatic carbocycles. The van der Waals surface area contributed by atoms with Gasteiger partial charge in [-0.2, -0.15) is 0 Å². The highest BCUT2D eigenvalue weighted by Crippen LogP contribution is 2.23. The summed E-state index contributed by atoms with van der Waals surface area (Å²) in [5, 5.41) is 0. The summed E-state index contributed by atoms with van der Waals surface area (Å²) in [5.74, 6) is 2.17. The van der Waals surface area contributed by atoms with Gasteiger partial charge >= 0.3 is 5.97 Å². The lowest BCUT2D eigenvalue weighted by Crippen LogP contribution is -2.06. The smallest absolute Gasteiger partial charge is 0.338 e. The SMILES string of the molecule is CCOC(=O)c1ccc2nc(C)n(Cc3ccc(Oc4ccccc4)cc3)c2c1. The van der Waals surface area contributed by atoms with Crippen LogP contribution in [0.4, 0.5) is 0 Å². The monoisotopic (exact) mass is 386 g/mol. The molecule has 0 spiro atoms. The zero-order valence-corrected chi connectivity index (χ0v) is 16.5. The van der Waals surface area contributed by atoms with Crippen LogP contribution < -0.4 is 4.74 Å². The quantitative estimate of drug-likeness (QED) is 0.419. The highest BCUT2D eigenvalue weighted by atomic mass is 16.5. The normalized spacial score (nSPS) is 10.8. The Morgan fingerprint density at radius 3 is 2.41 bits per heavy atom. The molecule has 0 aliphatic rings. The summed E-state index contributed by atoms with van der Waals surface area (Å²) in [6.07, 6.45) is 0. The number of rotatable bonds is 6. The molecule has 4 rings (SSSR count). The van der Waals surface area contributed by atoms with Gasteiger partial charge < -0.3 is 14.0 Å². The van der Waals surface area contributed by atoms with E-state index in [1.165, 1.54) is 0 Å². The topological polar surface area (TPSA) is 53.3 Å². The second kappa shape index (κ2) is 8.19. The number of nitrogens with zero attached hydrogens (tertiary/aromatic N) is 2. The van der Waals surface area contributed by atoms with Gasteiger partial charge in [0.2, 0.25) is 0 Å². The molecular formula is C24H22N2O3. The van der Waals surface area contributed by atoms with E-state index >= 15 is 0 Å². The van der Waals surface area contributed by atoms with Gasteiger partial charge in [0.1, 0.15) is 17.3 Å². The lowest BCUT2D eigenvalue weighted by Gasteiger charge is -2.10. The molecule has 0 N–H and O–H groups in total. The van der Waals surface area contributed by atoms with Gasteiger partial charge in [-0.15, -0.1) is 0 Å². The summed E-state index contributed by atoms with van der Waals surface area (Å²) >= 11 is 0. The van der Waals surface area contributed by atoms with Gasteiger partial charge in [-0.3, -0.25) is 0 Å². The molecule has 0 bridgehead atoms. The average molecular weight is 386 g/mol. The fourth-order valence-corrected chi connectivity index (χ4v) is 3.25. The van der Waals surface area contributed by atoms with E-state index in [9.17, 15) is 4.79 Å². The molecule has 0 saturated carbocycles. The molecule has 1 aromatic heterocycles. The number of aromatic nitrogens is 2. The molecule has 0 atom stereocenters. The fourth-order valence-electron chi connectivity index (χ4n) is 3.25. The van der Waals surface area contributed by atoms with E-state index in [-0.39, 0.29) is 5.97 Å². The Morgan fingerprint density at radius 1 is 0.966 bits per heavy atom. The summed E-state index contributed by atoms with van der Waals surface area (Å²) < 4.78 is 13.1. The Balaban J connectivity index is 1.57. The van der Waals surface area contributed by atoms with Crippen LogP contribution in [0.5, 0.6) is 11.5 Å². The molecule has 0 fully saturated rings. The maximum atomic E-state index is 12.1. The van der Waals surface area contributed by atoms with Crippen molar-refractivity contribution < 1.29 is 14.3 Å². The zero-order valence-electron chi connectivity index (χ0n) is 16.5. The van der Waals surface area contributed by atoms with Crippen molar-refractivity contribution in [2.45, 2.75) is 20.4 Å². The minimum absolute atomic E-state index is 0.317. The van der Waals surface area contributed by atoms with Crippen molar-refractivity contribution in [2.75, 3.05) is 6.61 Å². The van der Waals surface area contributed by atoms with Crippen LogP contribution in [0.3, 0.4) is 0 Å². The van der Waals surface area contributed by atoms with Gasteiger partial charge in [-0.05, 0) is 61.9 Å². The van der Waals surface area contributed by atoms with Crippen LogP contribution in [0.1, 0.15) is 28.7 Å². The second-order valence-electron chi connectivity index (χ2n) is 6.73. The Hall–Kier alpha value is -3.60. The minimum atomic E-state index is -0.317. The van der Waals surface area contributed by atoms with Gasteiger partial charge in [0, 0.05) is 6.54 Å². The molecule has 1 heterocycles. The second-order valence-corrected chi connectivity index (χ2v) is 6.73. The molecule has 0 unspecified atom stereocenters. The number of hydrogen-bond donors (Lipinski definition) is 0. The number of hydrogen-bond acceptors (Lipinski definition) is 4. The van der Waals surface area contributed by atoms with Crippen molar-refractivity contribution in [1.82, 2.24) is 9.55 Å². The maximum Gasteiger partial charge on any atom is 0.338 e. The Morgan fingerprint density at radius 2 is 1.69 bits per heavy atom. The largest absolute Gasteiger partial charge is 0.462 e. The Bertz CT molecular complexity index is 1130. The van der Waals surface area contributed by atoms with E-state index in [0.717, 1.165) is 33.9 Å². The number of esters is 1. The lowest BCUT2D eigenvalue weighted by atomic mass is 10.2. The van der Waals surface area contributed by atoms with Gasteiger partial charge in [0.05, 0.1) is 23.2 Å². The van der Waals surface area contributed by atoms with E-state index in [1.807, 2.05) is 73.7 Å². The first-order valence-electron chi connectivity index (χ1n) is 9.60. The summed E-state index contributed by atoms with van der Waals surface area (Å²) in [7, 11) is 0. The first-order valence-corrected chi connectivity index (χ1v) is 9.60. The van der Waals surface area contributed by atoms with Crippen LogP contribution in [-0.4, -0.2) is 22.1 Å². The number of para-hydroxylation sites is 1. The van der Waals surface area contributed by atoms with Crippen molar-refractivity contribution in [2.24, 2.45) is 0 Å². The molecule has 4 aromatic rings. The number of aryl methyl sites for hydroxylation is 1. The first kappa shape index (κ1) is 18.7. The summed E-state index contributed by atoms with van der Waals surface area (Å²) in [5.41, 5.74) is 3.43. The standard InChI is InChI=1S/C24H22N2O3/c1-3-28-24(27)19-11-14-22-23(15-19)26(17(2)25-22)16-18-9-12-21(13-10-18)29-20-7-5-4-6-8-20/h4-15H,3,16H2,1-2H3. The van der Waals surface area contributed by atoms with Crippen LogP contribution >= 0.6 is 0 Å². The number of ether oxygens (including phenoxy) is 2. The first-order chi connectivity index (χ1) is 14.1. The minimum Gasteiger partial charge on any atom is -0.462 e. The van der Waals surface area contributed by atoms with Crippen LogP contribution in [-0.2, 0) is 11.3 Å². The average Bonchev–Trinajstić information content (AvgIpc) is 3.05. The highest BCUT2D eigenvalue weighted by Gasteiger charge is 2.13. The van der Waals surface area contributed by atoms with Crippen LogP contribution in [0.2, 0.25) is 0 Å². The van der Waals surface area contributed by atoms with Crippen molar-refractivity contribution in [1.29, 1.82) is 0 Å². The highest BCUT2D eigenvalue weighted by molar-refractivity contribution is 5.93. The van der Waals surface area contributed by atoms with Crippen LogP contribution in [0.15, 0.2) is 72.8 Å². The molecule has 0 saturated heterocycles. The molecular weight excluding hydrogens is 364 g/mol. The molecule has 146 valence electrons. The number of carbonyl (C=O) groups is 1. The molecule has 0 aliphatic heterocycles. The van der Waals surface area contributed by atoms with Crippen molar-refractivity contribution >= 4 is 17.0 Å². The van der Waals surface area contributed by atoms with E-state index in [2.05, 4.69) is 9.55 Å². The molecule has 5 heteroatoms. The molecule has 0 amide bonds. The third kappa shape index (κ3) is 4.14. The van der Waals surface area contributed by atoms with Crippen molar-refractivity contribution in [3.8, 4) is 11.5 Å². The number of imidazole rings is 1. The molecule has 0 radical (unpaired) electrons. The van der Waals surface area contributed by atoms with Gasteiger partial charge in [-0.1, -0.05) is 30.3 Å². The number of fused-ring (bicyclic) bond motifs is 1. The third-order valence-electron chi connectivity index (χ3n) is 4.69. The van der Waals surface area contributed by atoms with Crippen molar-refractivity contribution in [3.05, 3.63) is 89.7 Å². The lowest BCUT2D eigenvalue weighted by molar-refractivity contribution is 0.0526. The summed E-state index contributed by atoms with van der Waals surface area (Å²) in [4.78, 5) is 16.7. The third-order valence-corrected chi connectivity index (χ3v) is 4.69. The summed E-state index contributed by atoms with van der Waals surface area (Å²) in [6.45, 7) is 4.78.